The lowest BCUT2D eigenvalue weighted by molar-refractivity contribution is -0.136. The second kappa shape index (κ2) is 12.4. The highest BCUT2D eigenvalue weighted by Gasteiger charge is 2.14. The minimum atomic E-state index is -0.668. The van der Waals surface area contributed by atoms with E-state index in [1.807, 2.05) is 0 Å². The smallest absolute Gasteiger partial charge is 0.313 e. The molecule has 0 saturated heterocycles. The summed E-state index contributed by atoms with van der Waals surface area (Å²) in [6, 6.07) is 7.00. The van der Waals surface area contributed by atoms with Crippen LogP contribution in [0.15, 0.2) is 24.3 Å². The maximum absolute atomic E-state index is 11.9. The van der Waals surface area contributed by atoms with Crippen LogP contribution in [0.1, 0.15) is 58.3 Å². The Bertz CT molecular complexity index is 503. The van der Waals surface area contributed by atoms with E-state index in [9.17, 15) is 9.59 Å². The van der Waals surface area contributed by atoms with E-state index in [-0.39, 0.29) is 0 Å². The number of ether oxygens (including phenoxy) is 1. The van der Waals surface area contributed by atoms with Gasteiger partial charge in [-0.2, -0.15) is 0 Å². The molecular formula is C19H30N2O3. The first kappa shape index (κ1) is 20.0. The summed E-state index contributed by atoms with van der Waals surface area (Å²) in [4.78, 5) is 23.7. The van der Waals surface area contributed by atoms with E-state index >= 15 is 0 Å². The number of nitrogens with one attached hydrogen (secondary N) is 2. The minimum absolute atomic E-state index is 0.493. The summed E-state index contributed by atoms with van der Waals surface area (Å²) in [5.41, 5.74) is 0.493. The Balaban J connectivity index is 2.15. The molecule has 134 valence electrons. The highest BCUT2D eigenvalue weighted by atomic mass is 16.5. The topological polar surface area (TPSA) is 67.4 Å². The van der Waals surface area contributed by atoms with Gasteiger partial charge in [-0.05, 0) is 18.6 Å². The van der Waals surface area contributed by atoms with Crippen LogP contribution in [0.2, 0.25) is 0 Å². The predicted molar refractivity (Wildman–Crippen MR) is 97.2 cm³/mol. The molecule has 5 nitrogen and oxygen atoms in total. The molecule has 0 aliphatic carbocycles. The Morgan fingerprint density at radius 3 is 2.21 bits per heavy atom. The zero-order chi connectivity index (χ0) is 17.6. The third kappa shape index (κ3) is 7.99. The number of carbonyl (C=O) groups excluding carboxylic acids is 2. The van der Waals surface area contributed by atoms with Crippen LogP contribution >= 0.6 is 0 Å². The van der Waals surface area contributed by atoms with Crippen LogP contribution in [0.4, 0.5) is 5.69 Å². The van der Waals surface area contributed by atoms with Crippen LogP contribution in [-0.2, 0) is 9.59 Å². The van der Waals surface area contributed by atoms with Crippen molar-refractivity contribution in [1.29, 1.82) is 0 Å². The second-order valence-electron chi connectivity index (χ2n) is 5.89. The lowest BCUT2D eigenvalue weighted by Crippen LogP contribution is -2.35. The maximum Gasteiger partial charge on any atom is 0.313 e. The molecule has 0 aromatic heterocycles. The van der Waals surface area contributed by atoms with E-state index in [1.165, 1.54) is 45.6 Å². The summed E-state index contributed by atoms with van der Waals surface area (Å²) in [6.45, 7) is 2.75. The Morgan fingerprint density at radius 2 is 1.54 bits per heavy atom. The number of para-hydroxylation sites is 2. The van der Waals surface area contributed by atoms with Crippen molar-refractivity contribution in [3.05, 3.63) is 24.3 Å². The molecule has 0 aliphatic rings. The zero-order valence-electron chi connectivity index (χ0n) is 14.9. The SMILES string of the molecule is CCCCCCCCCCNC(=O)C(=O)Nc1ccccc1OC. The Morgan fingerprint density at radius 1 is 0.917 bits per heavy atom. The van der Waals surface area contributed by atoms with Crippen molar-refractivity contribution in [3.8, 4) is 5.75 Å². The standard InChI is InChI=1S/C19H30N2O3/c1-3-4-5-6-7-8-9-12-15-20-18(22)19(23)21-16-13-10-11-14-17(16)24-2/h10-11,13-14H,3-9,12,15H2,1-2H3,(H,20,22)(H,21,23). The minimum Gasteiger partial charge on any atom is -0.495 e. The number of rotatable bonds is 11. The number of hydrogen-bond donors (Lipinski definition) is 2. The first-order valence-electron chi connectivity index (χ1n) is 8.91. The lowest BCUT2D eigenvalue weighted by atomic mass is 10.1. The van der Waals surface area contributed by atoms with Gasteiger partial charge in [0.2, 0.25) is 0 Å². The van der Waals surface area contributed by atoms with E-state index in [0.29, 0.717) is 18.0 Å². The highest BCUT2D eigenvalue weighted by Crippen LogP contribution is 2.22. The molecule has 24 heavy (non-hydrogen) atoms. The van der Waals surface area contributed by atoms with Crippen LogP contribution in [0.5, 0.6) is 5.75 Å². The zero-order valence-corrected chi connectivity index (χ0v) is 14.9. The number of unbranched alkanes of at least 4 members (excludes halogenated alkanes) is 7. The second-order valence-corrected chi connectivity index (χ2v) is 5.89. The number of methoxy groups -OCH3 is 1. The summed E-state index contributed by atoms with van der Waals surface area (Å²) in [5.74, 6) is -0.746. The summed E-state index contributed by atoms with van der Waals surface area (Å²) in [7, 11) is 1.52. The quantitative estimate of drug-likeness (QED) is 0.476. The largest absolute Gasteiger partial charge is 0.495 e. The van der Waals surface area contributed by atoms with Gasteiger partial charge in [0.1, 0.15) is 5.75 Å². The van der Waals surface area contributed by atoms with Gasteiger partial charge in [0, 0.05) is 6.54 Å². The average molecular weight is 334 g/mol. The third-order valence-electron chi connectivity index (χ3n) is 3.88. The molecule has 0 bridgehead atoms. The van der Waals surface area contributed by atoms with Gasteiger partial charge >= 0.3 is 11.8 Å². The molecule has 0 atom stereocenters. The van der Waals surface area contributed by atoms with Crippen LogP contribution in [0.3, 0.4) is 0 Å². The van der Waals surface area contributed by atoms with Gasteiger partial charge in [0.05, 0.1) is 12.8 Å². The molecule has 2 amide bonds. The van der Waals surface area contributed by atoms with E-state index in [2.05, 4.69) is 17.6 Å². The summed E-state index contributed by atoms with van der Waals surface area (Å²) < 4.78 is 5.14. The Labute approximate surface area is 145 Å². The van der Waals surface area contributed by atoms with Crippen molar-refractivity contribution < 1.29 is 14.3 Å². The van der Waals surface area contributed by atoms with Crippen LogP contribution < -0.4 is 15.4 Å². The predicted octanol–water partition coefficient (Wildman–Crippen LogP) is 3.89. The third-order valence-corrected chi connectivity index (χ3v) is 3.88. The van der Waals surface area contributed by atoms with E-state index in [4.69, 9.17) is 4.74 Å². The van der Waals surface area contributed by atoms with Gasteiger partial charge in [-0.1, -0.05) is 64.0 Å². The molecule has 0 radical (unpaired) electrons. The van der Waals surface area contributed by atoms with Gasteiger partial charge in [-0.3, -0.25) is 9.59 Å². The molecule has 0 aliphatic heterocycles. The normalized spacial score (nSPS) is 10.2. The Kier molecular flexibility index (Phi) is 10.3. The fourth-order valence-corrected chi connectivity index (χ4v) is 2.47. The van der Waals surface area contributed by atoms with Crippen molar-refractivity contribution in [2.24, 2.45) is 0 Å². The average Bonchev–Trinajstić information content (AvgIpc) is 2.60. The molecule has 2 N–H and O–H groups in total. The summed E-state index contributed by atoms with van der Waals surface area (Å²) in [6.07, 6.45) is 9.62. The monoisotopic (exact) mass is 334 g/mol. The highest BCUT2D eigenvalue weighted by molar-refractivity contribution is 6.39. The first-order chi connectivity index (χ1) is 11.7. The molecule has 5 heteroatoms. The molecule has 0 fully saturated rings. The summed E-state index contributed by atoms with van der Waals surface area (Å²) >= 11 is 0. The fourth-order valence-electron chi connectivity index (χ4n) is 2.47. The van der Waals surface area contributed by atoms with Crippen molar-refractivity contribution in [1.82, 2.24) is 5.32 Å². The van der Waals surface area contributed by atoms with Gasteiger partial charge in [-0.25, -0.2) is 0 Å². The summed E-state index contributed by atoms with van der Waals surface area (Å²) in [5, 5.41) is 5.23. The van der Waals surface area contributed by atoms with Crippen LogP contribution in [0.25, 0.3) is 0 Å². The molecule has 1 rings (SSSR count). The Hall–Kier alpha value is -2.04. The fraction of sp³-hybridized carbons (Fsp3) is 0.579. The van der Waals surface area contributed by atoms with E-state index < -0.39 is 11.8 Å². The van der Waals surface area contributed by atoms with Crippen LogP contribution in [0, 0.1) is 0 Å². The van der Waals surface area contributed by atoms with Crippen molar-refractivity contribution >= 4 is 17.5 Å². The molecule has 1 aromatic rings. The van der Waals surface area contributed by atoms with Gasteiger partial charge in [0.25, 0.3) is 0 Å². The van der Waals surface area contributed by atoms with Gasteiger partial charge < -0.3 is 15.4 Å². The van der Waals surface area contributed by atoms with E-state index in [0.717, 1.165) is 12.8 Å². The molecular weight excluding hydrogens is 304 g/mol. The maximum atomic E-state index is 11.9. The number of hydrogen-bond acceptors (Lipinski definition) is 3. The van der Waals surface area contributed by atoms with Gasteiger partial charge in [0.15, 0.2) is 0 Å². The number of benzene rings is 1. The van der Waals surface area contributed by atoms with Gasteiger partial charge in [-0.15, -0.1) is 0 Å². The molecule has 0 saturated carbocycles. The number of anilines is 1. The lowest BCUT2D eigenvalue weighted by Gasteiger charge is -2.09. The van der Waals surface area contributed by atoms with Crippen molar-refractivity contribution in [2.45, 2.75) is 58.3 Å². The number of amides is 2. The molecule has 0 unspecified atom stereocenters. The molecule has 1 aromatic carbocycles. The van der Waals surface area contributed by atoms with Crippen LogP contribution in [-0.4, -0.2) is 25.5 Å². The molecule has 0 heterocycles. The first-order valence-corrected chi connectivity index (χ1v) is 8.91. The number of carbonyl (C=O) groups is 2. The molecule has 0 spiro atoms. The van der Waals surface area contributed by atoms with E-state index in [1.54, 1.807) is 24.3 Å². The van der Waals surface area contributed by atoms with Crippen molar-refractivity contribution in [3.63, 3.8) is 0 Å². The van der Waals surface area contributed by atoms with Crippen molar-refractivity contribution in [2.75, 3.05) is 19.0 Å².